The van der Waals surface area contributed by atoms with E-state index < -0.39 is 0 Å². The summed E-state index contributed by atoms with van der Waals surface area (Å²) in [5.41, 5.74) is 4.79. The minimum absolute atomic E-state index is 0.415. The van der Waals surface area contributed by atoms with Crippen LogP contribution in [0.5, 0.6) is 0 Å². The van der Waals surface area contributed by atoms with Crippen LogP contribution in [0, 0.1) is 0 Å². The van der Waals surface area contributed by atoms with Crippen LogP contribution in [0.25, 0.3) is 21.3 Å². The topological polar surface area (TPSA) is 50.7 Å². The van der Waals surface area contributed by atoms with Gasteiger partial charge < -0.3 is 5.32 Å². The van der Waals surface area contributed by atoms with Crippen molar-refractivity contribution in [3.63, 3.8) is 0 Å². The van der Waals surface area contributed by atoms with E-state index in [4.69, 9.17) is 0 Å². The normalized spacial score (nSPS) is 11.6. The fraction of sp³-hybridized carbons (Fsp3) is 0.286. The van der Waals surface area contributed by atoms with Gasteiger partial charge in [-0.3, -0.25) is 0 Å². The van der Waals surface area contributed by atoms with Crippen LogP contribution in [0.2, 0.25) is 0 Å². The molecule has 138 valence electrons. The van der Waals surface area contributed by atoms with E-state index in [0.717, 1.165) is 32.4 Å². The third-order valence-electron chi connectivity index (χ3n) is 4.60. The van der Waals surface area contributed by atoms with Crippen LogP contribution in [0.3, 0.4) is 0 Å². The minimum Gasteiger partial charge on any atom is -0.316 e. The Morgan fingerprint density at radius 2 is 1.67 bits per heavy atom. The summed E-state index contributed by atoms with van der Waals surface area (Å²) in [5.74, 6) is 1.76. The van der Waals surface area contributed by atoms with Crippen molar-refractivity contribution >= 4 is 43.8 Å². The summed E-state index contributed by atoms with van der Waals surface area (Å²) in [5, 5.41) is 9.60. The first-order valence-electron chi connectivity index (χ1n) is 9.08. The summed E-state index contributed by atoms with van der Waals surface area (Å²) in [7, 11) is 0. The first-order valence-corrected chi connectivity index (χ1v) is 10.8. The lowest BCUT2D eigenvalue weighted by molar-refractivity contribution is 0.834. The van der Waals surface area contributed by atoms with Crippen molar-refractivity contribution in [2.45, 2.75) is 39.5 Å². The van der Waals surface area contributed by atoms with E-state index in [-0.39, 0.29) is 0 Å². The molecule has 4 nitrogen and oxygen atoms in total. The fourth-order valence-corrected chi connectivity index (χ4v) is 4.73. The number of anilines is 2. The minimum atomic E-state index is 0.415. The van der Waals surface area contributed by atoms with Gasteiger partial charge in [-0.15, -0.1) is 22.7 Å². The van der Waals surface area contributed by atoms with E-state index in [9.17, 15) is 0 Å². The maximum atomic E-state index is 4.68. The van der Waals surface area contributed by atoms with Gasteiger partial charge in [-0.25, -0.2) is 15.0 Å². The van der Waals surface area contributed by atoms with Gasteiger partial charge in [0.25, 0.3) is 0 Å². The van der Waals surface area contributed by atoms with E-state index >= 15 is 0 Å². The third kappa shape index (κ3) is 3.59. The summed E-state index contributed by atoms with van der Waals surface area (Å²) < 4.78 is 0. The van der Waals surface area contributed by atoms with E-state index in [1.165, 1.54) is 11.1 Å². The van der Waals surface area contributed by atoms with Crippen molar-refractivity contribution < 1.29 is 0 Å². The third-order valence-corrected chi connectivity index (χ3v) is 6.26. The standard InChI is InChI=1S/C21H22N4S2/c1-12(2)14-5-7-15(8-6-14)16-9-26-20-18(16)19(22-11-23-20)25-21-24-17(10-27-21)13(3)4/h5-13H,1-4H3,(H,22,23,24,25). The van der Waals surface area contributed by atoms with Gasteiger partial charge in [-0.05, 0) is 23.0 Å². The van der Waals surface area contributed by atoms with E-state index in [0.29, 0.717) is 11.8 Å². The van der Waals surface area contributed by atoms with Gasteiger partial charge >= 0.3 is 0 Å². The van der Waals surface area contributed by atoms with E-state index in [1.54, 1.807) is 29.0 Å². The number of aromatic nitrogens is 3. The molecule has 0 unspecified atom stereocenters. The van der Waals surface area contributed by atoms with Crippen LogP contribution >= 0.6 is 22.7 Å². The predicted molar refractivity (Wildman–Crippen MR) is 116 cm³/mol. The van der Waals surface area contributed by atoms with Crippen molar-refractivity contribution in [3.05, 3.63) is 52.6 Å². The van der Waals surface area contributed by atoms with Gasteiger partial charge in [0, 0.05) is 16.3 Å². The second-order valence-electron chi connectivity index (χ2n) is 7.19. The number of nitrogens with one attached hydrogen (secondary N) is 1. The maximum Gasteiger partial charge on any atom is 0.188 e. The first kappa shape index (κ1) is 18.1. The molecule has 0 atom stereocenters. The summed E-state index contributed by atoms with van der Waals surface area (Å²) >= 11 is 3.26. The van der Waals surface area contributed by atoms with Crippen LogP contribution < -0.4 is 5.32 Å². The summed E-state index contributed by atoms with van der Waals surface area (Å²) in [6.07, 6.45) is 1.61. The predicted octanol–water partition coefficient (Wildman–Crippen LogP) is 6.81. The van der Waals surface area contributed by atoms with Crippen LogP contribution in [0.1, 0.15) is 50.8 Å². The Kier molecular flexibility index (Phi) is 4.93. The first-order chi connectivity index (χ1) is 13.0. The zero-order chi connectivity index (χ0) is 19.0. The lowest BCUT2D eigenvalue weighted by Gasteiger charge is -2.08. The molecule has 0 aliphatic carbocycles. The lowest BCUT2D eigenvalue weighted by atomic mass is 9.99. The average Bonchev–Trinajstić information content (AvgIpc) is 3.29. The Hall–Kier alpha value is -2.31. The number of fused-ring (bicyclic) bond motifs is 1. The van der Waals surface area contributed by atoms with Crippen LogP contribution in [0.15, 0.2) is 41.4 Å². The smallest absolute Gasteiger partial charge is 0.188 e. The van der Waals surface area contributed by atoms with Gasteiger partial charge in [0.05, 0.1) is 11.1 Å². The average molecular weight is 395 g/mol. The zero-order valence-electron chi connectivity index (χ0n) is 15.9. The molecule has 0 aliphatic rings. The highest BCUT2D eigenvalue weighted by atomic mass is 32.1. The van der Waals surface area contributed by atoms with Crippen molar-refractivity contribution in [1.29, 1.82) is 0 Å². The fourth-order valence-electron chi connectivity index (χ4n) is 2.94. The number of hydrogen-bond donors (Lipinski definition) is 1. The van der Waals surface area contributed by atoms with Gasteiger partial charge in [-0.1, -0.05) is 52.0 Å². The Bertz CT molecular complexity index is 1060. The van der Waals surface area contributed by atoms with E-state index in [2.05, 4.69) is 83.0 Å². The van der Waals surface area contributed by atoms with Crippen molar-refractivity contribution in [1.82, 2.24) is 15.0 Å². The number of hydrogen-bond acceptors (Lipinski definition) is 6. The molecule has 0 amide bonds. The highest BCUT2D eigenvalue weighted by molar-refractivity contribution is 7.17. The van der Waals surface area contributed by atoms with Gasteiger partial charge in [0.15, 0.2) is 5.13 Å². The molecule has 0 aliphatic heterocycles. The van der Waals surface area contributed by atoms with E-state index in [1.807, 2.05) is 0 Å². The number of benzene rings is 1. The molecule has 1 N–H and O–H groups in total. The highest BCUT2D eigenvalue weighted by Crippen LogP contribution is 2.38. The molecule has 27 heavy (non-hydrogen) atoms. The Morgan fingerprint density at radius 3 is 2.33 bits per heavy atom. The summed E-state index contributed by atoms with van der Waals surface area (Å²) in [4.78, 5) is 14.6. The second-order valence-corrected chi connectivity index (χ2v) is 8.90. The molecule has 0 fully saturated rings. The number of thiophene rings is 1. The molecule has 0 saturated heterocycles. The van der Waals surface area contributed by atoms with Gasteiger partial charge in [-0.2, -0.15) is 0 Å². The molecule has 4 rings (SSSR count). The monoisotopic (exact) mass is 394 g/mol. The summed E-state index contributed by atoms with van der Waals surface area (Å²) in [6, 6.07) is 8.79. The van der Waals surface area contributed by atoms with Gasteiger partial charge in [0.1, 0.15) is 17.0 Å². The van der Waals surface area contributed by atoms with Crippen LogP contribution in [0.4, 0.5) is 10.9 Å². The maximum absolute atomic E-state index is 4.68. The lowest BCUT2D eigenvalue weighted by Crippen LogP contribution is -1.96. The molecule has 0 radical (unpaired) electrons. The quantitative estimate of drug-likeness (QED) is 0.404. The van der Waals surface area contributed by atoms with Crippen molar-refractivity contribution in [2.75, 3.05) is 5.32 Å². The van der Waals surface area contributed by atoms with Crippen LogP contribution in [-0.4, -0.2) is 15.0 Å². The Balaban J connectivity index is 1.74. The molecular formula is C21H22N4S2. The Morgan fingerprint density at radius 1 is 0.889 bits per heavy atom. The highest BCUT2D eigenvalue weighted by Gasteiger charge is 2.15. The SMILES string of the molecule is CC(C)c1ccc(-c2csc3ncnc(Nc4nc(C(C)C)cs4)c23)cc1. The van der Waals surface area contributed by atoms with Gasteiger partial charge in [0.2, 0.25) is 0 Å². The molecule has 3 aromatic heterocycles. The van der Waals surface area contributed by atoms with Crippen LogP contribution in [-0.2, 0) is 0 Å². The van der Waals surface area contributed by atoms with Crippen molar-refractivity contribution in [3.8, 4) is 11.1 Å². The second kappa shape index (κ2) is 7.37. The number of thiazole rings is 1. The molecule has 1 aromatic carbocycles. The summed E-state index contributed by atoms with van der Waals surface area (Å²) in [6.45, 7) is 8.73. The molecule has 0 saturated carbocycles. The molecule has 0 spiro atoms. The zero-order valence-corrected chi connectivity index (χ0v) is 17.5. The Labute approximate surface area is 167 Å². The molecule has 6 heteroatoms. The number of nitrogens with zero attached hydrogens (tertiary/aromatic N) is 3. The van der Waals surface area contributed by atoms with Crippen molar-refractivity contribution in [2.24, 2.45) is 0 Å². The number of rotatable bonds is 5. The molecule has 4 aromatic rings. The molecule has 3 heterocycles. The molecule has 0 bridgehead atoms. The molecular weight excluding hydrogens is 372 g/mol. The largest absolute Gasteiger partial charge is 0.316 e.